The summed E-state index contributed by atoms with van der Waals surface area (Å²) < 4.78 is 6.06. The molecule has 6 heteroatoms. The van der Waals surface area contributed by atoms with Crippen molar-refractivity contribution in [3.63, 3.8) is 0 Å². The summed E-state index contributed by atoms with van der Waals surface area (Å²) in [5.74, 6) is 1.31. The number of hydrogen-bond acceptors (Lipinski definition) is 5. The molecule has 0 unspecified atom stereocenters. The Balaban J connectivity index is 2.11. The first kappa shape index (κ1) is 11.8. The lowest BCUT2D eigenvalue weighted by Crippen LogP contribution is -1.97. The Kier molecular flexibility index (Phi) is 3.87. The zero-order valence-corrected chi connectivity index (χ0v) is 10.8. The lowest BCUT2D eigenvalue weighted by Gasteiger charge is -2.07. The van der Waals surface area contributed by atoms with Crippen molar-refractivity contribution in [1.82, 2.24) is 15.0 Å². The number of nitrogens with zero attached hydrogens (tertiary/aromatic N) is 3. The molecule has 0 radical (unpaired) electrons. The molecule has 17 heavy (non-hydrogen) atoms. The standard InChI is InChI=1S/C11H11BrN4O/c1-2-17-10-4-3-8(5-14-10)16-11-9(12)6-13-7-15-11/h3-7H,2H2,1H3,(H,13,15,16). The molecular formula is C11H11BrN4O. The third-order valence-electron chi connectivity index (χ3n) is 1.96. The lowest BCUT2D eigenvalue weighted by atomic mass is 10.4. The third-order valence-corrected chi connectivity index (χ3v) is 2.54. The van der Waals surface area contributed by atoms with Crippen molar-refractivity contribution in [2.45, 2.75) is 6.92 Å². The molecule has 0 spiro atoms. The zero-order chi connectivity index (χ0) is 12.1. The van der Waals surface area contributed by atoms with Gasteiger partial charge in [0.1, 0.15) is 12.1 Å². The third kappa shape index (κ3) is 3.13. The van der Waals surface area contributed by atoms with Crippen LogP contribution >= 0.6 is 15.9 Å². The van der Waals surface area contributed by atoms with E-state index in [1.165, 1.54) is 6.33 Å². The predicted octanol–water partition coefficient (Wildman–Crippen LogP) is 2.78. The molecule has 0 aliphatic rings. The summed E-state index contributed by atoms with van der Waals surface area (Å²) in [5.41, 5.74) is 0.841. The van der Waals surface area contributed by atoms with E-state index >= 15 is 0 Å². The van der Waals surface area contributed by atoms with Gasteiger partial charge < -0.3 is 10.1 Å². The Morgan fingerprint density at radius 1 is 1.29 bits per heavy atom. The van der Waals surface area contributed by atoms with Crippen LogP contribution in [0.25, 0.3) is 0 Å². The summed E-state index contributed by atoms with van der Waals surface area (Å²) in [6, 6.07) is 3.69. The Labute approximate surface area is 107 Å². The fourth-order valence-electron chi connectivity index (χ4n) is 1.23. The average Bonchev–Trinajstić information content (AvgIpc) is 2.35. The highest BCUT2D eigenvalue weighted by Crippen LogP contribution is 2.22. The highest BCUT2D eigenvalue weighted by atomic mass is 79.9. The molecular weight excluding hydrogens is 284 g/mol. The first-order valence-electron chi connectivity index (χ1n) is 5.11. The minimum atomic E-state index is 0.608. The van der Waals surface area contributed by atoms with Crippen LogP contribution in [0.15, 0.2) is 35.3 Å². The van der Waals surface area contributed by atoms with Crippen molar-refractivity contribution in [1.29, 1.82) is 0 Å². The Bertz CT molecular complexity index is 489. The van der Waals surface area contributed by atoms with Gasteiger partial charge in [0.25, 0.3) is 0 Å². The van der Waals surface area contributed by atoms with Gasteiger partial charge in [-0.15, -0.1) is 0 Å². The van der Waals surface area contributed by atoms with Gasteiger partial charge in [0.2, 0.25) is 5.88 Å². The quantitative estimate of drug-likeness (QED) is 0.939. The molecule has 1 N–H and O–H groups in total. The number of rotatable bonds is 4. The molecule has 0 aliphatic carbocycles. The van der Waals surface area contributed by atoms with Gasteiger partial charge in [-0.2, -0.15) is 0 Å². The van der Waals surface area contributed by atoms with Gasteiger partial charge in [0, 0.05) is 12.3 Å². The second kappa shape index (κ2) is 5.58. The van der Waals surface area contributed by atoms with Crippen LogP contribution in [0.3, 0.4) is 0 Å². The van der Waals surface area contributed by atoms with Gasteiger partial charge in [-0.3, -0.25) is 0 Å². The Hall–Kier alpha value is -1.69. The molecule has 2 rings (SSSR count). The smallest absolute Gasteiger partial charge is 0.213 e. The van der Waals surface area contributed by atoms with Crippen molar-refractivity contribution < 1.29 is 4.74 Å². The molecule has 2 heterocycles. The molecule has 0 saturated carbocycles. The number of aromatic nitrogens is 3. The minimum Gasteiger partial charge on any atom is -0.478 e. The Morgan fingerprint density at radius 2 is 2.18 bits per heavy atom. The monoisotopic (exact) mass is 294 g/mol. The molecule has 88 valence electrons. The number of halogens is 1. The summed E-state index contributed by atoms with van der Waals surface area (Å²) >= 11 is 3.36. The van der Waals surface area contributed by atoms with Gasteiger partial charge in [-0.25, -0.2) is 15.0 Å². The molecule has 2 aromatic rings. The van der Waals surface area contributed by atoms with Crippen LogP contribution in [0, 0.1) is 0 Å². The summed E-state index contributed by atoms with van der Waals surface area (Å²) in [6.07, 6.45) is 4.85. The lowest BCUT2D eigenvalue weighted by molar-refractivity contribution is 0.327. The maximum Gasteiger partial charge on any atom is 0.213 e. The van der Waals surface area contributed by atoms with Crippen molar-refractivity contribution >= 4 is 27.4 Å². The van der Waals surface area contributed by atoms with Crippen LogP contribution in [-0.2, 0) is 0 Å². The van der Waals surface area contributed by atoms with Gasteiger partial charge in [0.05, 0.1) is 23.0 Å². The largest absolute Gasteiger partial charge is 0.478 e. The molecule has 0 saturated heterocycles. The van der Waals surface area contributed by atoms with Crippen LogP contribution in [-0.4, -0.2) is 21.6 Å². The van der Waals surface area contributed by atoms with E-state index in [4.69, 9.17) is 4.74 Å². The van der Waals surface area contributed by atoms with E-state index in [0.717, 1.165) is 10.2 Å². The maximum absolute atomic E-state index is 5.26. The highest BCUT2D eigenvalue weighted by Gasteiger charge is 2.02. The first-order chi connectivity index (χ1) is 8.29. The molecule has 0 bridgehead atoms. The van der Waals surface area contributed by atoms with Crippen LogP contribution in [0.4, 0.5) is 11.5 Å². The van der Waals surface area contributed by atoms with Crippen LogP contribution in [0.1, 0.15) is 6.92 Å². The summed E-state index contributed by atoms with van der Waals surface area (Å²) in [7, 11) is 0. The van der Waals surface area contributed by atoms with Gasteiger partial charge in [-0.1, -0.05) is 0 Å². The first-order valence-corrected chi connectivity index (χ1v) is 5.90. The SMILES string of the molecule is CCOc1ccc(Nc2ncncc2Br)cn1. The van der Waals surface area contributed by atoms with Gasteiger partial charge in [-0.05, 0) is 28.9 Å². The second-order valence-corrected chi connectivity index (χ2v) is 4.02. The van der Waals surface area contributed by atoms with Gasteiger partial charge in [0.15, 0.2) is 0 Å². The number of nitrogens with one attached hydrogen (secondary N) is 1. The van der Waals surface area contributed by atoms with Gasteiger partial charge >= 0.3 is 0 Å². The fourth-order valence-corrected chi connectivity index (χ4v) is 1.55. The van der Waals surface area contributed by atoms with E-state index in [-0.39, 0.29) is 0 Å². The summed E-state index contributed by atoms with van der Waals surface area (Å²) in [4.78, 5) is 12.1. The fraction of sp³-hybridized carbons (Fsp3) is 0.182. The van der Waals surface area contributed by atoms with Crippen molar-refractivity contribution in [2.24, 2.45) is 0 Å². The summed E-state index contributed by atoms with van der Waals surface area (Å²) in [5, 5.41) is 3.13. The molecule has 0 fully saturated rings. The van der Waals surface area contributed by atoms with E-state index in [2.05, 4.69) is 36.2 Å². The maximum atomic E-state index is 5.26. The highest BCUT2D eigenvalue weighted by molar-refractivity contribution is 9.10. The number of ether oxygens (including phenoxy) is 1. The van der Waals surface area contributed by atoms with E-state index < -0.39 is 0 Å². The molecule has 5 nitrogen and oxygen atoms in total. The van der Waals surface area contributed by atoms with Crippen molar-refractivity contribution in [3.05, 3.63) is 35.3 Å². The van der Waals surface area contributed by atoms with Crippen LogP contribution in [0.2, 0.25) is 0 Å². The molecule has 0 amide bonds. The minimum absolute atomic E-state index is 0.608. The summed E-state index contributed by atoms with van der Waals surface area (Å²) in [6.45, 7) is 2.53. The molecule has 0 aliphatic heterocycles. The van der Waals surface area contributed by atoms with E-state index in [0.29, 0.717) is 18.3 Å². The van der Waals surface area contributed by atoms with Crippen LogP contribution < -0.4 is 10.1 Å². The second-order valence-electron chi connectivity index (χ2n) is 3.16. The normalized spacial score (nSPS) is 10.0. The molecule has 0 aromatic carbocycles. The molecule has 2 aromatic heterocycles. The van der Waals surface area contributed by atoms with Crippen LogP contribution in [0.5, 0.6) is 5.88 Å². The Morgan fingerprint density at radius 3 is 2.82 bits per heavy atom. The topological polar surface area (TPSA) is 59.9 Å². The van der Waals surface area contributed by atoms with Crippen molar-refractivity contribution in [3.8, 4) is 5.88 Å². The van der Waals surface area contributed by atoms with Crippen molar-refractivity contribution in [2.75, 3.05) is 11.9 Å². The van der Waals surface area contributed by atoms with E-state index in [1.807, 2.05) is 13.0 Å². The predicted molar refractivity (Wildman–Crippen MR) is 68.4 cm³/mol. The van der Waals surface area contributed by atoms with E-state index in [9.17, 15) is 0 Å². The average molecular weight is 295 g/mol. The number of anilines is 2. The van der Waals surface area contributed by atoms with E-state index in [1.54, 1.807) is 18.5 Å². The number of pyridine rings is 1. The zero-order valence-electron chi connectivity index (χ0n) is 9.22. The molecule has 0 atom stereocenters. The number of hydrogen-bond donors (Lipinski definition) is 1.